The van der Waals surface area contributed by atoms with Gasteiger partial charge in [0.15, 0.2) is 5.13 Å². The molecule has 3 aromatic rings. The van der Waals surface area contributed by atoms with E-state index in [0.717, 1.165) is 24.4 Å². The lowest BCUT2D eigenvalue weighted by Crippen LogP contribution is -2.38. The second-order valence-electron chi connectivity index (χ2n) is 6.39. The highest BCUT2D eigenvalue weighted by atomic mass is 32.1. The van der Waals surface area contributed by atoms with Gasteiger partial charge in [-0.15, -0.1) is 0 Å². The van der Waals surface area contributed by atoms with Gasteiger partial charge >= 0.3 is 5.00 Å². The first kappa shape index (κ1) is 22.0. The Morgan fingerprint density at radius 1 is 1.20 bits per heavy atom. The number of thiophene rings is 1. The number of nitro groups is 1. The van der Waals surface area contributed by atoms with Crippen LogP contribution in [0.3, 0.4) is 0 Å². The molecule has 0 aliphatic rings. The highest BCUT2D eigenvalue weighted by molar-refractivity contribution is 7.22. The normalized spacial score (nSPS) is 11.6. The molecular weight excluding hydrogens is 427 g/mol. The van der Waals surface area contributed by atoms with Gasteiger partial charge < -0.3 is 4.90 Å². The maximum atomic E-state index is 13.6. The Bertz CT molecular complexity index is 1080. The van der Waals surface area contributed by atoms with Crippen LogP contribution in [0.15, 0.2) is 36.4 Å². The molecule has 30 heavy (non-hydrogen) atoms. The van der Waals surface area contributed by atoms with Gasteiger partial charge in [0.2, 0.25) is 0 Å². The van der Waals surface area contributed by atoms with Crippen LogP contribution in [0.5, 0.6) is 0 Å². The van der Waals surface area contributed by atoms with Gasteiger partial charge in [-0.25, -0.2) is 9.37 Å². The second-order valence-corrected chi connectivity index (χ2v) is 8.49. The number of amides is 1. The zero-order chi connectivity index (χ0) is 21.7. The van der Waals surface area contributed by atoms with E-state index in [4.69, 9.17) is 0 Å². The number of benzene rings is 1. The van der Waals surface area contributed by atoms with Crippen LogP contribution >= 0.6 is 22.7 Å². The van der Waals surface area contributed by atoms with Crippen molar-refractivity contribution in [1.29, 1.82) is 0 Å². The topological polar surface area (TPSA) is 79.6 Å². The maximum absolute atomic E-state index is 13.6. The predicted molar refractivity (Wildman–Crippen MR) is 120 cm³/mol. The van der Waals surface area contributed by atoms with Crippen molar-refractivity contribution in [1.82, 2.24) is 9.88 Å². The lowest BCUT2D eigenvalue weighted by atomic mass is 10.3. The van der Waals surface area contributed by atoms with Crippen LogP contribution in [-0.4, -0.2) is 46.9 Å². The molecule has 1 amide bonds. The molecule has 10 heteroatoms. The SMILES string of the molecule is CCN(CC)CCN(C(=O)C=Cc1ccc([N+](=O)[O-])s1)c1nc2ccc(F)cc2s1. The summed E-state index contributed by atoms with van der Waals surface area (Å²) in [6.07, 6.45) is 2.96. The summed E-state index contributed by atoms with van der Waals surface area (Å²) in [6, 6.07) is 7.36. The number of rotatable bonds is 9. The van der Waals surface area contributed by atoms with Crippen LogP contribution in [0.25, 0.3) is 16.3 Å². The molecule has 0 N–H and O–H groups in total. The van der Waals surface area contributed by atoms with Gasteiger partial charge in [-0.1, -0.05) is 36.5 Å². The summed E-state index contributed by atoms with van der Waals surface area (Å²) >= 11 is 2.26. The zero-order valence-corrected chi connectivity index (χ0v) is 18.2. The van der Waals surface area contributed by atoms with E-state index >= 15 is 0 Å². The number of hydrogen-bond donors (Lipinski definition) is 0. The summed E-state index contributed by atoms with van der Waals surface area (Å²) in [6.45, 7) is 6.93. The quantitative estimate of drug-likeness (QED) is 0.267. The van der Waals surface area contributed by atoms with Gasteiger partial charge in [0.25, 0.3) is 5.91 Å². The molecule has 1 aromatic carbocycles. The Labute approximate surface area is 181 Å². The molecule has 0 aliphatic heterocycles. The Morgan fingerprint density at radius 2 is 1.97 bits per heavy atom. The monoisotopic (exact) mass is 448 g/mol. The van der Waals surface area contributed by atoms with Crippen molar-refractivity contribution in [3.05, 3.63) is 57.2 Å². The van der Waals surface area contributed by atoms with Crippen molar-refractivity contribution in [3.8, 4) is 0 Å². The molecule has 2 heterocycles. The van der Waals surface area contributed by atoms with E-state index in [1.165, 1.54) is 35.6 Å². The van der Waals surface area contributed by atoms with E-state index in [-0.39, 0.29) is 16.7 Å². The number of likely N-dealkylation sites (N-methyl/N-ethyl adjacent to an activating group) is 1. The smallest absolute Gasteiger partial charge is 0.302 e. The summed E-state index contributed by atoms with van der Waals surface area (Å²) in [5, 5.41) is 11.4. The maximum Gasteiger partial charge on any atom is 0.324 e. The molecule has 0 atom stereocenters. The number of anilines is 1. The Balaban J connectivity index is 1.85. The van der Waals surface area contributed by atoms with Gasteiger partial charge in [0.1, 0.15) is 5.82 Å². The van der Waals surface area contributed by atoms with Crippen molar-refractivity contribution in [2.24, 2.45) is 0 Å². The first-order valence-corrected chi connectivity index (χ1v) is 11.1. The minimum absolute atomic E-state index is 0.0219. The van der Waals surface area contributed by atoms with Gasteiger partial charge in [-0.3, -0.25) is 19.8 Å². The number of carbonyl (C=O) groups excluding carboxylic acids is 1. The molecule has 0 saturated carbocycles. The van der Waals surface area contributed by atoms with Gasteiger partial charge in [0.05, 0.1) is 15.1 Å². The van der Waals surface area contributed by atoms with E-state index in [2.05, 4.69) is 23.7 Å². The van der Waals surface area contributed by atoms with Crippen LogP contribution in [-0.2, 0) is 4.79 Å². The molecular formula is C20H21FN4O3S2. The highest BCUT2D eigenvalue weighted by Gasteiger charge is 2.19. The largest absolute Gasteiger partial charge is 0.324 e. The summed E-state index contributed by atoms with van der Waals surface area (Å²) in [5.74, 6) is -0.629. The van der Waals surface area contributed by atoms with E-state index < -0.39 is 4.92 Å². The van der Waals surface area contributed by atoms with E-state index in [0.29, 0.717) is 33.3 Å². The molecule has 0 spiro atoms. The van der Waals surface area contributed by atoms with Crippen LogP contribution < -0.4 is 4.90 Å². The summed E-state index contributed by atoms with van der Waals surface area (Å²) in [4.78, 5) is 32.2. The molecule has 0 unspecified atom stereocenters. The molecule has 2 aromatic heterocycles. The standard InChI is InChI=1S/C20H21FN4O3S2/c1-3-23(4-2)11-12-24(20-22-16-8-5-14(21)13-17(16)30-20)18(26)9-6-15-7-10-19(29-15)25(27)28/h5-10,13H,3-4,11-12H2,1-2H3. The second kappa shape index (κ2) is 9.88. The number of thiazole rings is 1. The fourth-order valence-electron chi connectivity index (χ4n) is 2.86. The fourth-order valence-corrected chi connectivity index (χ4v) is 4.60. The predicted octanol–water partition coefficient (Wildman–Crippen LogP) is 4.79. The molecule has 158 valence electrons. The number of aromatic nitrogens is 1. The summed E-state index contributed by atoms with van der Waals surface area (Å²) in [7, 11) is 0. The Hall–Kier alpha value is -2.69. The van der Waals surface area contributed by atoms with E-state index in [1.54, 1.807) is 23.1 Å². The number of hydrogen-bond acceptors (Lipinski definition) is 7. The van der Waals surface area contributed by atoms with Crippen LogP contribution in [0.2, 0.25) is 0 Å². The minimum Gasteiger partial charge on any atom is -0.302 e. The zero-order valence-electron chi connectivity index (χ0n) is 16.6. The molecule has 0 fully saturated rings. The molecule has 3 rings (SSSR count). The molecule has 7 nitrogen and oxygen atoms in total. The van der Waals surface area contributed by atoms with Gasteiger partial charge in [-0.05, 0) is 43.4 Å². The van der Waals surface area contributed by atoms with Crippen LogP contribution in [0.1, 0.15) is 18.7 Å². The number of fused-ring (bicyclic) bond motifs is 1. The third-order valence-electron chi connectivity index (χ3n) is 4.55. The third-order valence-corrected chi connectivity index (χ3v) is 6.60. The lowest BCUT2D eigenvalue weighted by molar-refractivity contribution is -0.380. The molecule has 0 bridgehead atoms. The number of carbonyl (C=O) groups is 1. The average Bonchev–Trinajstić information content (AvgIpc) is 3.36. The number of halogens is 1. The van der Waals surface area contributed by atoms with E-state index in [1.807, 2.05) is 0 Å². The lowest BCUT2D eigenvalue weighted by Gasteiger charge is -2.23. The first-order chi connectivity index (χ1) is 14.4. The Kier molecular flexibility index (Phi) is 7.24. The average molecular weight is 449 g/mol. The van der Waals surface area contributed by atoms with Crippen molar-refractivity contribution in [2.75, 3.05) is 31.1 Å². The molecule has 0 radical (unpaired) electrons. The summed E-state index contributed by atoms with van der Waals surface area (Å²) < 4.78 is 14.2. The molecule has 0 aliphatic carbocycles. The van der Waals surface area contributed by atoms with Gasteiger partial charge in [0, 0.05) is 30.1 Å². The van der Waals surface area contributed by atoms with Crippen molar-refractivity contribution < 1.29 is 14.1 Å². The fraction of sp³-hybridized carbons (Fsp3) is 0.300. The van der Waals surface area contributed by atoms with Crippen molar-refractivity contribution in [2.45, 2.75) is 13.8 Å². The third kappa shape index (κ3) is 5.26. The Morgan fingerprint density at radius 3 is 2.63 bits per heavy atom. The van der Waals surface area contributed by atoms with Crippen LogP contribution in [0, 0.1) is 15.9 Å². The van der Waals surface area contributed by atoms with Crippen molar-refractivity contribution >= 4 is 55.0 Å². The van der Waals surface area contributed by atoms with Gasteiger partial charge in [-0.2, -0.15) is 0 Å². The minimum atomic E-state index is -0.458. The van der Waals surface area contributed by atoms with Crippen LogP contribution in [0.4, 0.5) is 14.5 Å². The van der Waals surface area contributed by atoms with E-state index in [9.17, 15) is 19.3 Å². The molecule has 0 saturated heterocycles. The highest BCUT2D eigenvalue weighted by Crippen LogP contribution is 2.30. The van der Waals surface area contributed by atoms with Crippen molar-refractivity contribution in [3.63, 3.8) is 0 Å². The first-order valence-electron chi connectivity index (χ1n) is 9.43. The number of nitrogens with zero attached hydrogens (tertiary/aromatic N) is 4. The summed E-state index contributed by atoms with van der Waals surface area (Å²) in [5.41, 5.74) is 0.634.